The molecule has 0 aromatic carbocycles. The molecule has 198 valence electrons. The number of carbonyl (C=O) groups excluding carboxylic acids is 2. The Balaban J connectivity index is 1.57. The normalized spacial score (nSPS) is 39.6. The number of fused-ring (bicyclic) bond motifs is 1. The van der Waals surface area contributed by atoms with Crippen LogP contribution in [0, 0.1) is 41.4 Å². The van der Waals surface area contributed by atoms with Crippen LogP contribution in [0.15, 0.2) is 23.9 Å². The van der Waals surface area contributed by atoms with Crippen LogP contribution in [0.25, 0.3) is 6.08 Å². The number of aliphatic hydroxyl groups excluding tert-OH is 2. The Kier molecular flexibility index (Phi) is 7.51. The first-order valence-corrected chi connectivity index (χ1v) is 13.6. The van der Waals surface area contributed by atoms with Gasteiger partial charge in [-0.2, -0.15) is 0 Å². The van der Waals surface area contributed by atoms with E-state index in [0.717, 1.165) is 42.5 Å². The van der Waals surface area contributed by atoms with E-state index in [1.807, 2.05) is 45.2 Å². The van der Waals surface area contributed by atoms with Crippen molar-refractivity contribution in [1.29, 1.82) is 0 Å². The van der Waals surface area contributed by atoms with Crippen LogP contribution in [0.4, 0.5) is 0 Å². The van der Waals surface area contributed by atoms with E-state index in [4.69, 9.17) is 4.74 Å². The molecule has 2 N–H and O–H groups in total. The van der Waals surface area contributed by atoms with Crippen LogP contribution in [0.2, 0.25) is 0 Å². The number of nitrogens with zero attached hydrogens (tertiary/aromatic N) is 1. The molecule has 1 aromatic heterocycles. The second-order valence-corrected chi connectivity index (χ2v) is 12.5. The van der Waals surface area contributed by atoms with Gasteiger partial charge in [0, 0.05) is 12.1 Å². The van der Waals surface area contributed by atoms with E-state index < -0.39 is 29.5 Å². The zero-order valence-electron chi connectivity index (χ0n) is 22.7. The van der Waals surface area contributed by atoms with E-state index in [1.54, 1.807) is 20.8 Å². The van der Waals surface area contributed by atoms with Gasteiger partial charge in [0.1, 0.15) is 11.9 Å². The van der Waals surface area contributed by atoms with Crippen molar-refractivity contribution in [3.05, 3.63) is 35.2 Å². The first kappa shape index (κ1) is 27.0. The number of aliphatic hydroxyl groups is 2. The molecule has 1 saturated heterocycles. The smallest absolute Gasteiger partial charge is 0.309 e. The molecule has 0 radical (unpaired) electrons. The Morgan fingerprint density at radius 1 is 1.17 bits per heavy atom. The van der Waals surface area contributed by atoms with E-state index in [2.05, 4.69) is 4.98 Å². The predicted molar refractivity (Wildman–Crippen MR) is 139 cm³/mol. The number of hydrogen-bond donors (Lipinski definition) is 2. The molecule has 3 aliphatic rings. The minimum absolute atomic E-state index is 0.000462. The third kappa shape index (κ3) is 5.31. The van der Waals surface area contributed by atoms with Crippen molar-refractivity contribution in [2.45, 2.75) is 98.4 Å². The van der Waals surface area contributed by atoms with Crippen molar-refractivity contribution < 1.29 is 24.5 Å². The summed E-state index contributed by atoms with van der Waals surface area (Å²) in [5.74, 6) is -0.107. The summed E-state index contributed by atoms with van der Waals surface area (Å²) in [4.78, 5) is 30.8. The first-order chi connectivity index (χ1) is 16.9. The summed E-state index contributed by atoms with van der Waals surface area (Å²) in [6.07, 6.45) is 6.22. The maximum absolute atomic E-state index is 13.3. The fraction of sp³-hybridized carbons (Fsp3) is 0.700. The first-order valence-electron chi connectivity index (χ1n) is 13.6. The molecule has 4 unspecified atom stereocenters. The van der Waals surface area contributed by atoms with Crippen LogP contribution in [-0.2, 0) is 14.3 Å². The summed E-state index contributed by atoms with van der Waals surface area (Å²) in [5, 5.41) is 21.8. The molecule has 0 bridgehead atoms. The van der Waals surface area contributed by atoms with E-state index in [1.165, 1.54) is 6.42 Å². The number of carbonyl (C=O) groups is 2. The molecular weight excluding hydrogens is 454 g/mol. The lowest BCUT2D eigenvalue weighted by molar-refractivity contribution is -0.154. The van der Waals surface area contributed by atoms with Gasteiger partial charge in [0.25, 0.3) is 0 Å². The van der Waals surface area contributed by atoms with Gasteiger partial charge in [-0.15, -0.1) is 0 Å². The molecule has 36 heavy (non-hydrogen) atoms. The zero-order valence-corrected chi connectivity index (χ0v) is 22.7. The molecule has 8 atom stereocenters. The van der Waals surface area contributed by atoms with Crippen LogP contribution in [0.5, 0.6) is 0 Å². The van der Waals surface area contributed by atoms with Gasteiger partial charge in [0.15, 0.2) is 0 Å². The van der Waals surface area contributed by atoms with Crippen molar-refractivity contribution in [3.63, 3.8) is 0 Å². The van der Waals surface area contributed by atoms with Crippen molar-refractivity contribution in [3.8, 4) is 0 Å². The summed E-state index contributed by atoms with van der Waals surface area (Å²) in [6.45, 7) is 11.0. The fourth-order valence-electron chi connectivity index (χ4n) is 6.42. The molecule has 2 saturated carbocycles. The molecule has 1 aromatic rings. The SMILES string of the molecule is C/C(=C\c1ccc(C)cn1)C1CC2C3CC23CCC[C@H](C)[C@H](O)[C@@H](C)C(=O)C(C)(C)[C@@H](O)CC(=O)O1. The van der Waals surface area contributed by atoms with Crippen molar-refractivity contribution in [2.75, 3.05) is 0 Å². The number of cyclic esters (lactones) is 1. The van der Waals surface area contributed by atoms with Crippen LogP contribution in [0.1, 0.15) is 84.4 Å². The van der Waals surface area contributed by atoms with Gasteiger partial charge in [-0.25, -0.2) is 0 Å². The molecule has 6 heteroatoms. The summed E-state index contributed by atoms with van der Waals surface area (Å²) in [7, 11) is 0. The van der Waals surface area contributed by atoms with Gasteiger partial charge in [-0.3, -0.25) is 14.6 Å². The molecule has 3 fully saturated rings. The van der Waals surface area contributed by atoms with Crippen molar-refractivity contribution in [2.24, 2.45) is 34.5 Å². The van der Waals surface area contributed by atoms with Crippen LogP contribution in [0.3, 0.4) is 0 Å². The van der Waals surface area contributed by atoms with Crippen LogP contribution < -0.4 is 0 Å². The maximum Gasteiger partial charge on any atom is 0.309 e. The van der Waals surface area contributed by atoms with Gasteiger partial charge in [0.2, 0.25) is 0 Å². The minimum atomic E-state index is -1.19. The highest BCUT2D eigenvalue weighted by Gasteiger charge is 2.77. The molecule has 0 amide bonds. The third-order valence-corrected chi connectivity index (χ3v) is 9.49. The van der Waals surface area contributed by atoms with Gasteiger partial charge < -0.3 is 14.9 Å². The lowest BCUT2D eigenvalue weighted by Crippen LogP contribution is -2.45. The van der Waals surface area contributed by atoms with Crippen LogP contribution in [-0.4, -0.2) is 45.3 Å². The largest absolute Gasteiger partial charge is 0.458 e. The molecule has 2 aliphatic carbocycles. The van der Waals surface area contributed by atoms with Gasteiger partial charge >= 0.3 is 5.97 Å². The van der Waals surface area contributed by atoms with E-state index in [9.17, 15) is 19.8 Å². The number of esters is 1. The molecule has 6 nitrogen and oxygen atoms in total. The molecule has 1 aliphatic heterocycles. The Labute approximate surface area is 215 Å². The van der Waals surface area contributed by atoms with Crippen molar-refractivity contribution in [1.82, 2.24) is 4.98 Å². The Bertz CT molecular complexity index is 1010. The summed E-state index contributed by atoms with van der Waals surface area (Å²) in [6, 6.07) is 3.97. The molecule has 1 spiro atoms. The Morgan fingerprint density at radius 2 is 1.89 bits per heavy atom. The van der Waals surface area contributed by atoms with E-state index in [0.29, 0.717) is 17.3 Å². The average Bonchev–Trinajstić information content (AvgIpc) is 3.70. The number of rotatable bonds is 2. The second-order valence-electron chi connectivity index (χ2n) is 12.5. The molecule has 2 heterocycles. The number of ketones is 1. The average molecular weight is 498 g/mol. The topological polar surface area (TPSA) is 96.7 Å². The number of hydrogen-bond acceptors (Lipinski definition) is 6. The fourth-order valence-corrected chi connectivity index (χ4v) is 6.42. The van der Waals surface area contributed by atoms with E-state index in [-0.39, 0.29) is 24.2 Å². The number of aromatic nitrogens is 1. The summed E-state index contributed by atoms with van der Waals surface area (Å²) in [5.41, 5.74) is 2.04. The van der Waals surface area contributed by atoms with Crippen LogP contribution >= 0.6 is 0 Å². The Morgan fingerprint density at radius 3 is 2.53 bits per heavy atom. The van der Waals surface area contributed by atoms with Gasteiger partial charge in [0.05, 0.1) is 29.7 Å². The lowest BCUT2D eigenvalue weighted by atomic mass is 9.73. The maximum atomic E-state index is 13.3. The Hall–Kier alpha value is -2.05. The quantitative estimate of drug-likeness (QED) is 0.565. The summed E-state index contributed by atoms with van der Waals surface area (Å²) < 4.78 is 5.98. The van der Waals surface area contributed by atoms with E-state index >= 15 is 0 Å². The molecule has 4 rings (SSSR count). The lowest BCUT2D eigenvalue weighted by Gasteiger charge is -2.34. The van der Waals surface area contributed by atoms with Gasteiger partial charge in [-0.05, 0) is 86.0 Å². The zero-order chi connectivity index (χ0) is 26.4. The highest BCUT2D eigenvalue weighted by Crippen LogP contribution is 2.83. The third-order valence-electron chi connectivity index (χ3n) is 9.49. The predicted octanol–water partition coefficient (Wildman–Crippen LogP) is 4.89. The highest BCUT2D eigenvalue weighted by atomic mass is 16.5. The number of ether oxygens (including phenoxy) is 1. The standard InChI is InChI=1S/C30H43NO5/c1-17-9-10-21(31-16-17)12-19(3)24-13-22-23-15-30(22,23)11-7-8-18(2)27(34)20(4)28(35)29(5,6)25(32)14-26(33)36-24/h9-10,12,16,18,20,22-25,27,32,34H,7-8,11,13-15H2,1-6H3/b19-12+/t18-,20+,22?,23?,24?,25-,27-,30?/m0/s1. The highest BCUT2D eigenvalue weighted by molar-refractivity contribution is 5.88. The molecular formula is C30H43NO5. The monoisotopic (exact) mass is 497 g/mol. The summed E-state index contributed by atoms with van der Waals surface area (Å²) >= 11 is 0. The number of pyridine rings is 1. The number of aryl methyl sites for hydroxylation is 1. The van der Waals surface area contributed by atoms with Crippen molar-refractivity contribution >= 4 is 17.8 Å². The van der Waals surface area contributed by atoms with Gasteiger partial charge in [-0.1, -0.05) is 40.2 Å². The minimum Gasteiger partial charge on any atom is -0.458 e. The number of Topliss-reactive ketones (excluding diaryl/α,β-unsaturated/α-hetero) is 1. The second kappa shape index (κ2) is 10.0.